The van der Waals surface area contributed by atoms with Crippen molar-refractivity contribution in [3.8, 4) is 11.5 Å². The van der Waals surface area contributed by atoms with Gasteiger partial charge in [0.05, 0.1) is 11.2 Å². The van der Waals surface area contributed by atoms with Crippen molar-refractivity contribution in [1.82, 2.24) is 10.3 Å². The van der Waals surface area contributed by atoms with Gasteiger partial charge in [0, 0.05) is 23.3 Å². The fourth-order valence-corrected chi connectivity index (χ4v) is 2.42. The summed E-state index contributed by atoms with van der Waals surface area (Å²) in [7, 11) is 0. The lowest BCUT2D eigenvalue weighted by molar-refractivity contribution is 0.479. The third-order valence-corrected chi connectivity index (χ3v) is 3.40. The molecule has 1 aromatic carbocycles. The van der Waals surface area contributed by atoms with Crippen LogP contribution < -0.4 is 10.1 Å². The van der Waals surface area contributed by atoms with E-state index in [1.54, 1.807) is 24.5 Å². The summed E-state index contributed by atoms with van der Waals surface area (Å²) < 4.78 is 5.68. The van der Waals surface area contributed by atoms with Gasteiger partial charge in [0.25, 0.3) is 0 Å². The molecular weight excluding hydrogens is 295 g/mol. The van der Waals surface area contributed by atoms with E-state index < -0.39 is 0 Å². The minimum absolute atomic E-state index is 0.203. The molecule has 0 radical (unpaired) electrons. The molecule has 2 rings (SSSR count). The Bertz CT molecular complexity index is 590. The van der Waals surface area contributed by atoms with Crippen LogP contribution in [0.4, 0.5) is 0 Å². The number of ether oxygens (including phenoxy) is 1. The highest BCUT2D eigenvalue weighted by Crippen LogP contribution is 2.30. The lowest BCUT2D eigenvalue weighted by Gasteiger charge is -2.15. The van der Waals surface area contributed by atoms with E-state index in [1.807, 2.05) is 12.1 Å². The van der Waals surface area contributed by atoms with Gasteiger partial charge in [-0.05, 0) is 31.2 Å². The number of nitrogens with zero attached hydrogens (tertiary/aromatic N) is 1. The van der Waals surface area contributed by atoms with E-state index in [0.29, 0.717) is 21.5 Å². The summed E-state index contributed by atoms with van der Waals surface area (Å²) in [4.78, 5) is 3.97. The summed E-state index contributed by atoms with van der Waals surface area (Å²) in [5, 5.41) is 4.53. The van der Waals surface area contributed by atoms with E-state index >= 15 is 0 Å². The highest BCUT2D eigenvalue weighted by atomic mass is 35.5. The monoisotopic (exact) mass is 310 g/mol. The first-order chi connectivity index (χ1) is 9.60. The molecule has 0 aliphatic carbocycles. The smallest absolute Gasteiger partial charge is 0.147 e. The predicted octanol–water partition coefficient (Wildman–Crippen LogP) is 4.85. The first kappa shape index (κ1) is 15.1. The molecule has 0 aliphatic rings. The van der Waals surface area contributed by atoms with Gasteiger partial charge in [-0.2, -0.15) is 0 Å². The predicted molar refractivity (Wildman–Crippen MR) is 82.9 cm³/mol. The summed E-state index contributed by atoms with van der Waals surface area (Å²) in [6.45, 7) is 5.03. The second kappa shape index (κ2) is 6.93. The van der Waals surface area contributed by atoms with Crippen LogP contribution in [0.15, 0.2) is 36.7 Å². The zero-order valence-electron chi connectivity index (χ0n) is 11.4. The van der Waals surface area contributed by atoms with E-state index in [4.69, 9.17) is 27.9 Å². The quantitative estimate of drug-likeness (QED) is 0.857. The van der Waals surface area contributed by atoms with Crippen molar-refractivity contribution in [2.75, 3.05) is 6.54 Å². The lowest BCUT2D eigenvalue weighted by atomic mass is 10.1. The fourth-order valence-electron chi connectivity index (χ4n) is 1.92. The van der Waals surface area contributed by atoms with Gasteiger partial charge in [0.15, 0.2) is 0 Å². The normalized spacial score (nSPS) is 12.2. The maximum atomic E-state index is 6.30. The van der Waals surface area contributed by atoms with Crippen molar-refractivity contribution >= 4 is 23.2 Å². The maximum absolute atomic E-state index is 6.30. The summed E-state index contributed by atoms with van der Waals surface area (Å²) in [5.74, 6) is 1.24. The van der Waals surface area contributed by atoms with E-state index in [0.717, 1.165) is 12.1 Å². The third-order valence-electron chi connectivity index (χ3n) is 2.86. The average Bonchev–Trinajstić information content (AvgIpc) is 2.39. The lowest BCUT2D eigenvalue weighted by Crippen LogP contribution is -2.17. The van der Waals surface area contributed by atoms with Crippen LogP contribution in [0.25, 0.3) is 0 Å². The van der Waals surface area contributed by atoms with Crippen LogP contribution in [0.5, 0.6) is 11.5 Å². The number of hydrogen-bond acceptors (Lipinski definition) is 3. The van der Waals surface area contributed by atoms with Crippen LogP contribution in [0, 0.1) is 0 Å². The van der Waals surface area contributed by atoms with Gasteiger partial charge in [-0.3, -0.25) is 4.98 Å². The average molecular weight is 311 g/mol. The first-order valence-electron chi connectivity index (χ1n) is 6.41. The molecule has 0 saturated heterocycles. The molecule has 0 spiro atoms. The minimum Gasteiger partial charge on any atom is -0.456 e. The van der Waals surface area contributed by atoms with Crippen LogP contribution in [0.3, 0.4) is 0 Å². The van der Waals surface area contributed by atoms with Crippen LogP contribution >= 0.6 is 23.2 Å². The number of rotatable bonds is 5. The number of benzene rings is 1. The summed E-state index contributed by atoms with van der Waals surface area (Å²) >= 11 is 12.2. The first-order valence-corrected chi connectivity index (χ1v) is 7.17. The van der Waals surface area contributed by atoms with Crippen molar-refractivity contribution < 1.29 is 4.74 Å². The Morgan fingerprint density at radius 3 is 2.65 bits per heavy atom. The standard InChI is InChI=1S/C15H16Cl2N2O/c1-3-19-10(2)14-5-4-12(7-15(14)17)20-13-6-11(16)8-18-9-13/h4-10,19H,3H2,1-2H3. The van der Waals surface area contributed by atoms with E-state index in [-0.39, 0.29) is 6.04 Å². The van der Waals surface area contributed by atoms with Crippen LogP contribution in [0.2, 0.25) is 10.0 Å². The molecule has 0 bridgehead atoms. The number of aromatic nitrogens is 1. The molecule has 0 saturated carbocycles. The Balaban J connectivity index is 2.17. The van der Waals surface area contributed by atoms with E-state index in [1.165, 1.54) is 0 Å². The Morgan fingerprint density at radius 2 is 2.00 bits per heavy atom. The van der Waals surface area contributed by atoms with Crippen molar-refractivity contribution in [3.05, 3.63) is 52.3 Å². The summed E-state index contributed by atoms with van der Waals surface area (Å²) in [6, 6.07) is 7.55. The van der Waals surface area contributed by atoms with Crippen LogP contribution in [-0.4, -0.2) is 11.5 Å². The molecule has 1 atom stereocenters. The Morgan fingerprint density at radius 1 is 1.20 bits per heavy atom. The molecule has 1 heterocycles. The Kier molecular flexibility index (Phi) is 5.24. The SMILES string of the molecule is CCNC(C)c1ccc(Oc2cncc(Cl)c2)cc1Cl. The molecule has 3 nitrogen and oxygen atoms in total. The molecule has 2 aromatic rings. The molecule has 1 unspecified atom stereocenters. The molecule has 20 heavy (non-hydrogen) atoms. The minimum atomic E-state index is 0.203. The van der Waals surface area contributed by atoms with Crippen LogP contribution in [0.1, 0.15) is 25.5 Å². The summed E-state index contributed by atoms with van der Waals surface area (Å²) in [5.41, 5.74) is 1.05. The van der Waals surface area contributed by atoms with Gasteiger partial charge in [0.1, 0.15) is 11.5 Å². The van der Waals surface area contributed by atoms with Gasteiger partial charge in [-0.1, -0.05) is 36.2 Å². The fraction of sp³-hybridized carbons (Fsp3) is 0.267. The number of hydrogen-bond donors (Lipinski definition) is 1. The molecular formula is C15H16Cl2N2O. The van der Waals surface area contributed by atoms with Gasteiger partial charge in [-0.25, -0.2) is 0 Å². The van der Waals surface area contributed by atoms with Crippen molar-refractivity contribution in [2.45, 2.75) is 19.9 Å². The highest BCUT2D eigenvalue weighted by Gasteiger charge is 2.10. The second-order valence-corrected chi connectivity index (χ2v) is 5.25. The largest absolute Gasteiger partial charge is 0.456 e. The number of pyridine rings is 1. The van der Waals surface area contributed by atoms with Crippen molar-refractivity contribution in [2.24, 2.45) is 0 Å². The Hall–Kier alpha value is -1.29. The van der Waals surface area contributed by atoms with Gasteiger partial charge < -0.3 is 10.1 Å². The van der Waals surface area contributed by atoms with Gasteiger partial charge >= 0.3 is 0 Å². The molecule has 0 aliphatic heterocycles. The highest BCUT2D eigenvalue weighted by molar-refractivity contribution is 6.31. The van der Waals surface area contributed by atoms with Gasteiger partial charge in [0.2, 0.25) is 0 Å². The Labute approximate surface area is 128 Å². The van der Waals surface area contributed by atoms with Gasteiger partial charge in [-0.15, -0.1) is 0 Å². The van der Waals surface area contributed by atoms with Crippen molar-refractivity contribution in [1.29, 1.82) is 0 Å². The molecule has 0 amide bonds. The zero-order valence-corrected chi connectivity index (χ0v) is 12.9. The topological polar surface area (TPSA) is 34.1 Å². The molecule has 5 heteroatoms. The number of halogens is 2. The molecule has 106 valence electrons. The molecule has 1 N–H and O–H groups in total. The van der Waals surface area contributed by atoms with E-state index in [9.17, 15) is 0 Å². The van der Waals surface area contributed by atoms with E-state index in [2.05, 4.69) is 24.1 Å². The maximum Gasteiger partial charge on any atom is 0.147 e. The van der Waals surface area contributed by atoms with Crippen molar-refractivity contribution in [3.63, 3.8) is 0 Å². The molecule has 0 fully saturated rings. The summed E-state index contributed by atoms with van der Waals surface area (Å²) in [6.07, 6.45) is 3.16. The zero-order chi connectivity index (χ0) is 14.5. The third kappa shape index (κ3) is 3.85. The molecule has 1 aromatic heterocycles. The number of nitrogens with one attached hydrogen (secondary N) is 1. The second-order valence-electron chi connectivity index (χ2n) is 4.40. The van der Waals surface area contributed by atoms with Crippen LogP contribution in [-0.2, 0) is 0 Å².